The summed E-state index contributed by atoms with van der Waals surface area (Å²) in [5.41, 5.74) is 1.42. The Labute approximate surface area is 145 Å². The molecular weight excluding hydrogens is 324 g/mol. The van der Waals surface area contributed by atoms with Gasteiger partial charge in [0.1, 0.15) is 10.5 Å². The zero-order chi connectivity index (χ0) is 16.9. The number of carbonyl (C=O) groups is 1. The van der Waals surface area contributed by atoms with E-state index < -0.39 is 0 Å². The summed E-state index contributed by atoms with van der Waals surface area (Å²) in [5, 5.41) is 2.86. The van der Waals surface area contributed by atoms with Crippen LogP contribution in [0.2, 0.25) is 0 Å². The van der Waals surface area contributed by atoms with E-state index in [0.29, 0.717) is 16.7 Å². The van der Waals surface area contributed by atoms with Crippen molar-refractivity contribution >= 4 is 23.9 Å². The van der Waals surface area contributed by atoms with Gasteiger partial charge in [-0.3, -0.25) is 4.79 Å². The van der Waals surface area contributed by atoms with E-state index in [9.17, 15) is 4.79 Å². The van der Waals surface area contributed by atoms with Gasteiger partial charge >= 0.3 is 0 Å². The zero-order valence-electron chi connectivity index (χ0n) is 13.5. The van der Waals surface area contributed by atoms with Crippen molar-refractivity contribution in [1.29, 1.82) is 0 Å². The first-order chi connectivity index (χ1) is 11.6. The molecule has 0 aliphatic carbocycles. The number of ether oxygens (including phenoxy) is 1. The van der Waals surface area contributed by atoms with Crippen LogP contribution >= 0.6 is 12.2 Å². The molecule has 1 aliphatic rings. The topological polar surface area (TPSA) is 70.2 Å². The van der Waals surface area contributed by atoms with Crippen LogP contribution in [-0.4, -0.2) is 41.7 Å². The second kappa shape index (κ2) is 7.55. The van der Waals surface area contributed by atoms with Crippen LogP contribution in [0.1, 0.15) is 22.8 Å². The Bertz CT molecular complexity index is 760. The normalized spacial score (nSPS) is 17.5. The maximum Gasteiger partial charge on any atom is 0.254 e. The van der Waals surface area contributed by atoms with E-state index in [-0.39, 0.29) is 12.0 Å². The van der Waals surface area contributed by atoms with E-state index in [1.807, 2.05) is 12.1 Å². The van der Waals surface area contributed by atoms with Gasteiger partial charge in [0.25, 0.3) is 5.91 Å². The summed E-state index contributed by atoms with van der Waals surface area (Å²) in [5.74, 6) is 0.744. The maximum absolute atomic E-state index is 12.1. The van der Waals surface area contributed by atoms with Gasteiger partial charge in [-0.25, -0.2) is 4.98 Å². The van der Waals surface area contributed by atoms with Crippen LogP contribution in [0.4, 0.5) is 5.82 Å². The number of aromatic nitrogens is 2. The first-order valence-electron chi connectivity index (χ1n) is 7.91. The van der Waals surface area contributed by atoms with Gasteiger partial charge in [-0.05, 0) is 30.7 Å². The molecule has 3 rings (SSSR count). The highest BCUT2D eigenvalue weighted by atomic mass is 32.1. The Morgan fingerprint density at radius 1 is 1.50 bits per heavy atom. The number of hydrogen-bond acceptors (Lipinski definition) is 5. The average Bonchev–Trinajstić information content (AvgIpc) is 2.60. The summed E-state index contributed by atoms with van der Waals surface area (Å²) in [6, 6.07) is 7.42. The number of pyridine rings is 2. The molecule has 126 valence electrons. The number of anilines is 1. The van der Waals surface area contributed by atoms with Gasteiger partial charge in [0.2, 0.25) is 0 Å². The van der Waals surface area contributed by atoms with Gasteiger partial charge in [0.05, 0.1) is 18.3 Å². The molecule has 1 atom stereocenters. The average molecular weight is 344 g/mol. The van der Waals surface area contributed by atoms with E-state index in [0.717, 1.165) is 31.1 Å². The molecule has 0 saturated carbocycles. The van der Waals surface area contributed by atoms with Crippen molar-refractivity contribution in [2.24, 2.45) is 0 Å². The summed E-state index contributed by atoms with van der Waals surface area (Å²) in [6.07, 6.45) is 3.71. The highest BCUT2D eigenvalue weighted by molar-refractivity contribution is 7.71. The fourth-order valence-corrected chi connectivity index (χ4v) is 2.84. The first kappa shape index (κ1) is 16.6. The molecule has 1 saturated heterocycles. The van der Waals surface area contributed by atoms with Crippen molar-refractivity contribution in [3.05, 3.63) is 52.4 Å². The van der Waals surface area contributed by atoms with Crippen molar-refractivity contribution in [3.63, 3.8) is 0 Å². The quantitative estimate of drug-likeness (QED) is 0.833. The number of hydrogen-bond donors (Lipinski definition) is 2. The lowest BCUT2D eigenvalue weighted by Crippen LogP contribution is -2.41. The summed E-state index contributed by atoms with van der Waals surface area (Å²) >= 11 is 5.11. The van der Waals surface area contributed by atoms with Crippen LogP contribution in [0.25, 0.3) is 0 Å². The third-order valence-corrected chi connectivity index (χ3v) is 4.23. The van der Waals surface area contributed by atoms with Gasteiger partial charge in [-0.1, -0.05) is 18.3 Å². The molecule has 7 heteroatoms. The Kier molecular flexibility index (Phi) is 5.22. The summed E-state index contributed by atoms with van der Waals surface area (Å²) < 4.78 is 5.98. The van der Waals surface area contributed by atoms with E-state index in [1.165, 1.54) is 0 Å². The molecule has 0 radical (unpaired) electrons. The number of morpholine rings is 1. The number of amides is 1. The molecule has 3 heterocycles. The fraction of sp³-hybridized carbons (Fsp3) is 0.353. The van der Waals surface area contributed by atoms with Gasteiger partial charge in [-0.2, -0.15) is 0 Å². The Balaban J connectivity index is 1.59. The van der Waals surface area contributed by atoms with Crippen LogP contribution in [-0.2, 0) is 11.3 Å². The third-order valence-electron chi connectivity index (χ3n) is 3.89. The van der Waals surface area contributed by atoms with Crippen molar-refractivity contribution in [3.8, 4) is 0 Å². The Hall–Kier alpha value is -2.25. The van der Waals surface area contributed by atoms with Crippen LogP contribution in [0.5, 0.6) is 0 Å². The molecule has 0 spiro atoms. The van der Waals surface area contributed by atoms with Gasteiger partial charge in [0.15, 0.2) is 0 Å². The Morgan fingerprint density at radius 2 is 2.38 bits per heavy atom. The first-order valence-corrected chi connectivity index (χ1v) is 8.31. The molecule has 2 N–H and O–H groups in total. The van der Waals surface area contributed by atoms with Crippen molar-refractivity contribution < 1.29 is 9.53 Å². The second-order valence-electron chi connectivity index (χ2n) is 5.75. The molecule has 2 aromatic rings. The largest absolute Gasteiger partial charge is 0.375 e. The lowest BCUT2D eigenvalue weighted by molar-refractivity contribution is 0.0529. The lowest BCUT2D eigenvalue weighted by atomic mass is 10.2. The minimum Gasteiger partial charge on any atom is -0.375 e. The Morgan fingerprint density at radius 3 is 3.08 bits per heavy atom. The fourth-order valence-electron chi connectivity index (χ4n) is 2.61. The summed E-state index contributed by atoms with van der Waals surface area (Å²) in [6.45, 7) is 4.88. The standard InChI is InChI=1S/C17H20N4O2S/c1-12-11-21(7-8-23-12)15-5-4-13(9-19-15)10-20-16(22)14-3-2-6-18-17(14)24/h2-6,9,12H,7-8,10-11H2,1H3,(H,18,24)(H,20,22)/t12-/m0/s1. The number of aromatic amines is 1. The predicted octanol–water partition coefficient (Wildman–Crippen LogP) is 2.29. The number of carbonyl (C=O) groups excluding carboxylic acids is 1. The van der Waals surface area contributed by atoms with Crippen molar-refractivity contribution in [1.82, 2.24) is 15.3 Å². The molecule has 6 nitrogen and oxygen atoms in total. The maximum atomic E-state index is 12.1. The zero-order valence-corrected chi connectivity index (χ0v) is 14.3. The SMILES string of the molecule is C[C@H]1CN(c2ccc(CNC(=O)c3ccc[nH]c3=S)cn2)CCO1. The monoisotopic (exact) mass is 344 g/mol. The molecule has 0 bridgehead atoms. The van der Waals surface area contributed by atoms with Crippen LogP contribution < -0.4 is 10.2 Å². The van der Waals surface area contributed by atoms with Gasteiger partial charge in [0, 0.05) is 32.0 Å². The highest BCUT2D eigenvalue weighted by Crippen LogP contribution is 2.15. The van der Waals surface area contributed by atoms with Crippen LogP contribution in [0.15, 0.2) is 36.7 Å². The van der Waals surface area contributed by atoms with Crippen molar-refractivity contribution in [2.45, 2.75) is 19.6 Å². The number of H-pyrrole nitrogens is 1. The molecular formula is C17H20N4O2S. The highest BCUT2D eigenvalue weighted by Gasteiger charge is 2.17. The molecule has 2 aromatic heterocycles. The van der Waals surface area contributed by atoms with Crippen LogP contribution in [0, 0.1) is 4.64 Å². The number of nitrogens with one attached hydrogen (secondary N) is 2. The van der Waals surface area contributed by atoms with Crippen LogP contribution in [0.3, 0.4) is 0 Å². The minimum atomic E-state index is -0.192. The van der Waals surface area contributed by atoms with E-state index in [1.54, 1.807) is 24.5 Å². The third kappa shape index (κ3) is 3.98. The van der Waals surface area contributed by atoms with E-state index >= 15 is 0 Å². The minimum absolute atomic E-state index is 0.192. The van der Waals surface area contributed by atoms with Gasteiger partial charge < -0.3 is 19.9 Å². The molecule has 24 heavy (non-hydrogen) atoms. The van der Waals surface area contributed by atoms with E-state index in [2.05, 4.69) is 27.1 Å². The predicted molar refractivity (Wildman–Crippen MR) is 94.7 cm³/mol. The van der Waals surface area contributed by atoms with Gasteiger partial charge in [-0.15, -0.1) is 0 Å². The molecule has 0 unspecified atom stereocenters. The lowest BCUT2D eigenvalue weighted by Gasteiger charge is -2.32. The second-order valence-corrected chi connectivity index (χ2v) is 6.16. The number of rotatable bonds is 4. The molecule has 1 aliphatic heterocycles. The van der Waals surface area contributed by atoms with Crippen molar-refractivity contribution in [2.75, 3.05) is 24.6 Å². The smallest absolute Gasteiger partial charge is 0.254 e. The molecule has 1 fully saturated rings. The molecule has 1 amide bonds. The molecule has 0 aromatic carbocycles. The summed E-state index contributed by atoms with van der Waals surface area (Å²) in [7, 11) is 0. The number of nitrogens with zero attached hydrogens (tertiary/aromatic N) is 2. The van der Waals surface area contributed by atoms with E-state index in [4.69, 9.17) is 17.0 Å². The summed E-state index contributed by atoms with van der Waals surface area (Å²) in [4.78, 5) is 21.7.